The highest BCUT2D eigenvalue weighted by atomic mass is 32.2. The van der Waals surface area contributed by atoms with Gasteiger partial charge in [-0.3, -0.25) is 5.32 Å². The molecule has 4 heteroatoms. The Morgan fingerprint density at radius 1 is 1.30 bits per heavy atom. The Morgan fingerprint density at radius 2 is 2.05 bits per heavy atom. The third-order valence-electron chi connectivity index (χ3n) is 3.20. The Kier molecular flexibility index (Phi) is 8.36. The van der Waals surface area contributed by atoms with Gasteiger partial charge in [0, 0.05) is 6.61 Å². The van der Waals surface area contributed by atoms with E-state index in [9.17, 15) is 5.26 Å². The van der Waals surface area contributed by atoms with E-state index in [1.807, 2.05) is 30.3 Å². The summed E-state index contributed by atoms with van der Waals surface area (Å²) in [5.74, 6) is 1.86. The van der Waals surface area contributed by atoms with Crippen molar-refractivity contribution >= 4 is 11.8 Å². The van der Waals surface area contributed by atoms with Crippen LogP contribution in [0.3, 0.4) is 0 Å². The van der Waals surface area contributed by atoms with E-state index in [4.69, 9.17) is 5.11 Å². The summed E-state index contributed by atoms with van der Waals surface area (Å²) < 4.78 is 0. The molecular weight excluding hydrogens is 268 g/mol. The Morgan fingerprint density at radius 3 is 2.65 bits per heavy atom. The molecule has 0 aliphatic rings. The number of hydrogen-bond donors (Lipinski definition) is 2. The third-order valence-corrected chi connectivity index (χ3v) is 4.27. The Bertz CT molecular complexity index is 405. The van der Waals surface area contributed by atoms with Crippen molar-refractivity contribution in [3.8, 4) is 6.07 Å². The second-order valence-corrected chi connectivity index (χ2v) is 5.97. The quantitative estimate of drug-likeness (QED) is 0.651. The van der Waals surface area contributed by atoms with E-state index in [-0.39, 0.29) is 6.61 Å². The molecule has 20 heavy (non-hydrogen) atoms. The van der Waals surface area contributed by atoms with Crippen LogP contribution in [-0.4, -0.2) is 29.8 Å². The van der Waals surface area contributed by atoms with Crippen molar-refractivity contribution in [2.45, 2.75) is 31.7 Å². The van der Waals surface area contributed by atoms with E-state index in [1.54, 1.807) is 11.8 Å². The number of hydrogen-bond acceptors (Lipinski definition) is 4. The van der Waals surface area contributed by atoms with Crippen molar-refractivity contribution in [2.24, 2.45) is 0 Å². The maximum Gasteiger partial charge on any atom is 0.133 e. The van der Waals surface area contributed by atoms with Crippen molar-refractivity contribution in [3.63, 3.8) is 0 Å². The Balaban J connectivity index is 2.71. The van der Waals surface area contributed by atoms with Crippen LogP contribution in [0.2, 0.25) is 0 Å². The fourth-order valence-corrected chi connectivity index (χ4v) is 3.04. The molecule has 1 aromatic rings. The SMILES string of the molecule is CCCNC(C#N)(CCSCCCO)c1ccccc1. The highest BCUT2D eigenvalue weighted by Gasteiger charge is 2.30. The number of nitrogens with zero attached hydrogens (tertiary/aromatic N) is 1. The highest BCUT2D eigenvalue weighted by Crippen LogP contribution is 2.26. The molecule has 0 aliphatic heterocycles. The zero-order valence-corrected chi connectivity index (χ0v) is 13.0. The smallest absolute Gasteiger partial charge is 0.133 e. The number of thioether (sulfide) groups is 1. The first-order chi connectivity index (χ1) is 9.79. The summed E-state index contributed by atoms with van der Waals surface area (Å²) in [4.78, 5) is 0. The van der Waals surface area contributed by atoms with Crippen molar-refractivity contribution in [2.75, 3.05) is 24.7 Å². The lowest BCUT2D eigenvalue weighted by molar-refractivity contribution is 0.296. The van der Waals surface area contributed by atoms with Gasteiger partial charge in [-0.2, -0.15) is 17.0 Å². The van der Waals surface area contributed by atoms with Crippen molar-refractivity contribution in [1.29, 1.82) is 5.26 Å². The summed E-state index contributed by atoms with van der Waals surface area (Å²) >= 11 is 1.80. The van der Waals surface area contributed by atoms with E-state index in [1.165, 1.54) is 0 Å². The van der Waals surface area contributed by atoms with Crippen LogP contribution >= 0.6 is 11.8 Å². The molecule has 2 N–H and O–H groups in total. The number of nitriles is 1. The van der Waals surface area contributed by atoms with Crippen molar-refractivity contribution < 1.29 is 5.11 Å². The van der Waals surface area contributed by atoms with Crippen molar-refractivity contribution in [1.82, 2.24) is 5.32 Å². The van der Waals surface area contributed by atoms with Crippen LogP contribution in [0.4, 0.5) is 0 Å². The molecule has 0 spiro atoms. The number of aliphatic hydroxyl groups excluding tert-OH is 1. The molecule has 1 unspecified atom stereocenters. The molecule has 0 fully saturated rings. The van der Waals surface area contributed by atoms with Gasteiger partial charge in [0.05, 0.1) is 6.07 Å². The lowest BCUT2D eigenvalue weighted by atomic mass is 9.88. The summed E-state index contributed by atoms with van der Waals surface area (Å²) in [5.41, 5.74) is 0.447. The molecule has 0 saturated heterocycles. The number of benzene rings is 1. The molecule has 1 aromatic carbocycles. The minimum atomic E-state index is -0.594. The number of aliphatic hydroxyl groups is 1. The van der Waals surface area contributed by atoms with Gasteiger partial charge in [0.15, 0.2) is 0 Å². The fraction of sp³-hybridized carbons (Fsp3) is 0.562. The van der Waals surface area contributed by atoms with E-state index in [2.05, 4.69) is 18.3 Å². The van der Waals surface area contributed by atoms with Gasteiger partial charge < -0.3 is 5.11 Å². The van der Waals surface area contributed by atoms with E-state index < -0.39 is 5.54 Å². The summed E-state index contributed by atoms with van der Waals surface area (Å²) in [6, 6.07) is 12.5. The van der Waals surface area contributed by atoms with Crippen LogP contribution in [0.1, 0.15) is 31.7 Å². The topological polar surface area (TPSA) is 56.0 Å². The van der Waals surface area contributed by atoms with E-state index >= 15 is 0 Å². The zero-order chi connectivity index (χ0) is 14.7. The zero-order valence-electron chi connectivity index (χ0n) is 12.1. The lowest BCUT2D eigenvalue weighted by Crippen LogP contribution is -2.42. The van der Waals surface area contributed by atoms with Crippen LogP contribution in [0.5, 0.6) is 0 Å². The third kappa shape index (κ3) is 5.16. The van der Waals surface area contributed by atoms with Gasteiger partial charge in [-0.25, -0.2) is 0 Å². The minimum Gasteiger partial charge on any atom is -0.396 e. The van der Waals surface area contributed by atoms with Crippen molar-refractivity contribution in [3.05, 3.63) is 35.9 Å². The summed E-state index contributed by atoms with van der Waals surface area (Å²) in [6.45, 7) is 3.18. The Hall–Kier alpha value is -1.02. The molecule has 3 nitrogen and oxygen atoms in total. The maximum atomic E-state index is 9.70. The standard InChI is InChI=1S/C16H24N2OS/c1-2-10-18-16(14-17,9-13-20-12-6-11-19)15-7-4-3-5-8-15/h3-5,7-8,18-19H,2,6,9-13H2,1H3. The molecule has 1 rings (SSSR count). The van der Waals surface area contributed by atoms with E-state index in [0.29, 0.717) is 0 Å². The van der Waals surface area contributed by atoms with Gasteiger partial charge in [0.1, 0.15) is 5.54 Å². The molecule has 0 radical (unpaired) electrons. The molecule has 0 heterocycles. The molecule has 110 valence electrons. The van der Waals surface area contributed by atoms with Gasteiger partial charge >= 0.3 is 0 Å². The molecule has 0 amide bonds. The van der Waals surface area contributed by atoms with Crippen LogP contribution in [-0.2, 0) is 5.54 Å². The largest absolute Gasteiger partial charge is 0.396 e. The van der Waals surface area contributed by atoms with Crippen LogP contribution in [0, 0.1) is 11.3 Å². The van der Waals surface area contributed by atoms with Gasteiger partial charge in [-0.1, -0.05) is 37.3 Å². The minimum absolute atomic E-state index is 0.239. The number of rotatable bonds is 10. The first-order valence-electron chi connectivity index (χ1n) is 7.19. The lowest BCUT2D eigenvalue weighted by Gasteiger charge is -2.28. The molecule has 0 aliphatic carbocycles. The second-order valence-electron chi connectivity index (χ2n) is 4.75. The normalized spacial score (nSPS) is 13.7. The monoisotopic (exact) mass is 292 g/mol. The highest BCUT2D eigenvalue weighted by molar-refractivity contribution is 7.99. The number of nitrogens with one attached hydrogen (secondary N) is 1. The fourth-order valence-electron chi connectivity index (χ4n) is 2.05. The van der Waals surface area contributed by atoms with Gasteiger partial charge in [0.2, 0.25) is 0 Å². The Labute approximate surface area is 126 Å². The van der Waals surface area contributed by atoms with Gasteiger partial charge in [-0.05, 0) is 42.9 Å². The summed E-state index contributed by atoms with van der Waals surface area (Å²) in [5, 5.41) is 21.9. The molecule has 1 atom stereocenters. The predicted molar refractivity (Wildman–Crippen MR) is 85.7 cm³/mol. The van der Waals surface area contributed by atoms with Crippen LogP contribution in [0.25, 0.3) is 0 Å². The summed E-state index contributed by atoms with van der Waals surface area (Å²) in [6.07, 6.45) is 2.61. The molecule has 0 bridgehead atoms. The van der Waals surface area contributed by atoms with Gasteiger partial charge in [-0.15, -0.1) is 0 Å². The van der Waals surface area contributed by atoms with Gasteiger partial charge in [0.25, 0.3) is 0 Å². The van der Waals surface area contributed by atoms with Crippen LogP contribution < -0.4 is 5.32 Å². The average molecular weight is 292 g/mol. The summed E-state index contributed by atoms with van der Waals surface area (Å²) in [7, 11) is 0. The predicted octanol–water partition coefficient (Wildman–Crippen LogP) is 2.91. The average Bonchev–Trinajstić information content (AvgIpc) is 2.51. The molecule has 0 aromatic heterocycles. The molecular formula is C16H24N2OS. The first kappa shape index (κ1) is 17.0. The second kappa shape index (κ2) is 9.82. The maximum absolute atomic E-state index is 9.70. The molecule has 0 saturated carbocycles. The van der Waals surface area contributed by atoms with Crippen LogP contribution in [0.15, 0.2) is 30.3 Å². The first-order valence-corrected chi connectivity index (χ1v) is 8.35. The van der Waals surface area contributed by atoms with E-state index in [0.717, 1.165) is 42.9 Å².